The summed E-state index contributed by atoms with van der Waals surface area (Å²) in [6.07, 6.45) is -1.60. The summed E-state index contributed by atoms with van der Waals surface area (Å²) in [5.74, 6) is 0.375. The van der Waals surface area contributed by atoms with E-state index in [0.29, 0.717) is 17.0 Å². The van der Waals surface area contributed by atoms with Crippen molar-refractivity contribution in [1.82, 2.24) is 0 Å². The molecule has 0 heterocycles. The first-order valence-corrected chi connectivity index (χ1v) is 6.23. The molecular weight excluding hydrogens is 262 g/mol. The SMILES string of the molecule is COc1cc(NC(=O)OC(C)(C)C)ccc1C(O)CO. The normalized spacial score (nSPS) is 12.7. The number of carbonyl (C=O) groups excluding carboxylic acids is 1. The number of hydrogen-bond acceptors (Lipinski definition) is 5. The highest BCUT2D eigenvalue weighted by atomic mass is 16.6. The monoisotopic (exact) mass is 283 g/mol. The number of nitrogens with one attached hydrogen (secondary N) is 1. The number of carbonyl (C=O) groups is 1. The third-order valence-corrected chi connectivity index (χ3v) is 2.41. The molecule has 0 bridgehead atoms. The number of anilines is 1. The highest BCUT2D eigenvalue weighted by Crippen LogP contribution is 2.28. The number of rotatable bonds is 4. The van der Waals surface area contributed by atoms with Gasteiger partial charge in [-0.1, -0.05) is 6.07 Å². The Balaban J connectivity index is 2.85. The number of ether oxygens (including phenoxy) is 2. The molecule has 1 unspecified atom stereocenters. The maximum atomic E-state index is 11.6. The van der Waals surface area contributed by atoms with E-state index < -0.39 is 24.4 Å². The van der Waals surface area contributed by atoms with Crippen molar-refractivity contribution in [3.05, 3.63) is 23.8 Å². The lowest BCUT2D eigenvalue weighted by atomic mass is 10.1. The van der Waals surface area contributed by atoms with Gasteiger partial charge in [0.05, 0.1) is 13.7 Å². The molecule has 112 valence electrons. The number of methoxy groups -OCH3 is 1. The molecule has 1 aromatic rings. The van der Waals surface area contributed by atoms with Gasteiger partial charge in [-0.15, -0.1) is 0 Å². The maximum absolute atomic E-state index is 11.6. The summed E-state index contributed by atoms with van der Waals surface area (Å²) in [7, 11) is 1.44. The standard InChI is InChI=1S/C14H21NO5/c1-14(2,3)20-13(18)15-9-5-6-10(11(17)8-16)12(7-9)19-4/h5-7,11,16-17H,8H2,1-4H3,(H,15,18). The molecule has 0 saturated carbocycles. The zero-order chi connectivity index (χ0) is 15.3. The summed E-state index contributed by atoms with van der Waals surface area (Å²) in [6.45, 7) is 4.91. The average molecular weight is 283 g/mol. The van der Waals surface area contributed by atoms with Gasteiger partial charge >= 0.3 is 6.09 Å². The average Bonchev–Trinajstić information content (AvgIpc) is 2.35. The van der Waals surface area contributed by atoms with Gasteiger partial charge in [-0.25, -0.2) is 4.79 Å². The van der Waals surface area contributed by atoms with Crippen molar-refractivity contribution in [2.24, 2.45) is 0 Å². The number of hydrogen-bond donors (Lipinski definition) is 3. The molecule has 0 saturated heterocycles. The van der Waals surface area contributed by atoms with E-state index in [4.69, 9.17) is 14.6 Å². The van der Waals surface area contributed by atoms with Gasteiger partial charge in [0.2, 0.25) is 0 Å². The Hall–Kier alpha value is -1.79. The van der Waals surface area contributed by atoms with Crippen LogP contribution in [0, 0.1) is 0 Å². The summed E-state index contributed by atoms with van der Waals surface area (Å²) < 4.78 is 10.3. The minimum atomic E-state index is -1.03. The largest absolute Gasteiger partial charge is 0.496 e. The molecule has 20 heavy (non-hydrogen) atoms. The van der Waals surface area contributed by atoms with Gasteiger partial charge < -0.3 is 19.7 Å². The third kappa shape index (κ3) is 4.71. The second kappa shape index (κ2) is 6.58. The van der Waals surface area contributed by atoms with Crippen LogP contribution in [0.3, 0.4) is 0 Å². The molecule has 1 rings (SSSR count). The Labute approximate surface area is 118 Å². The quantitative estimate of drug-likeness (QED) is 0.787. The second-order valence-electron chi connectivity index (χ2n) is 5.28. The van der Waals surface area contributed by atoms with Crippen LogP contribution in [0.5, 0.6) is 5.75 Å². The fourth-order valence-electron chi connectivity index (χ4n) is 1.58. The van der Waals surface area contributed by atoms with Crippen molar-refractivity contribution in [2.45, 2.75) is 32.5 Å². The van der Waals surface area contributed by atoms with Crippen LogP contribution in [0.25, 0.3) is 0 Å². The van der Waals surface area contributed by atoms with Crippen molar-refractivity contribution in [3.8, 4) is 5.75 Å². The Kier molecular flexibility index (Phi) is 5.35. The summed E-state index contributed by atoms with van der Waals surface area (Å²) in [4.78, 5) is 11.6. The van der Waals surface area contributed by atoms with Gasteiger partial charge in [0.1, 0.15) is 17.5 Å². The highest BCUT2D eigenvalue weighted by molar-refractivity contribution is 5.85. The molecule has 3 N–H and O–H groups in total. The molecule has 0 aliphatic carbocycles. The molecule has 1 atom stereocenters. The van der Waals surface area contributed by atoms with Crippen LogP contribution in [0.1, 0.15) is 32.4 Å². The van der Waals surface area contributed by atoms with Crippen molar-refractivity contribution in [2.75, 3.05) is 19.0 Å². The van der Waals surface area contributed by atoms with E-state index in [1.165, 1.54) is 7.11 Å². The van der Waals surface area contributed by atoms with Crippen molar-refractivity contribution < 1.29 is 24.5 Å². The smallest absolute Gasteiger partial charge is 0.412 e. The molecular formula is C14H21NO5. The molecule has 0 fully saturated rings. The summed E-state index contributed by atoms with van der Waals surface area (Å²) >= 11 is 0. The van der Waals surface area contributed by atoms with Crippen LogP contribution in [0.4, 0.5) is 10.5 Å². The van der Waals surface area contributed by atoms with Crippen LogP contribution in [-0.2, 0) is 4.74 Å². The van der Waals surface area contributed by atoms with Crippen LogP contribution in [0.2, 0.25) is 0 Å². The summed E-state index contributed by atoms with van der Waals surface area (Å²) in [5, 5.41) is 21.2. The fraction of sp³-hybridized carbons (Fsp3) is 0.500. The third-order valence-electron chi connectivity index (χ3n) is 2.41. The van der Waals surface area contributed by atoms with Crippen LogP contribution >= 0.6 is 0 Å². The first-order valence-electron chi connectivity index (χ1n) is 6.23. The minimum absolute atomic E-state index is 0.375. The van der Waals surface area contributed by atoms with E-state index in [2.05, 4.69) is 5.32 Å². The topological polar surface area (TPSA) is 88.0 Å². The number of aliphatic hydroxyl groups excluding tert-OH is 2. The Morgan fingerprint density at radius 1 is 1.40 bits per heavy atom. The lowest BCUT2D eigenvalue weighted by molar-refractivity contribution is 0.0636. The van der Waals surface area contributed by atoms with E-state index in [9.17, 15) is 9.90 Å². The first-order chi connectivity index (χ1) is 9.26. The maximum Gasteiger partial charge on any atom is 0.412 e. The second-order valence-corrected chi connectivity index (χ2v) is 5.28. The molecule has 0 aliphatic rings. The molecule has 0 aliphatic heterocycles. The molecule has 1 aromatic carbocycles. The number of amides is 1. The molecule has 0 spiro atoms. The first kappa shape index (κ1) is 16.3. The van der Waals surface area contributed by atoms with Gasteiger partial charge in [-0.05, 0) is 26.8 Å². The molecule has 0 radical (unpaired) electrons. The van der Waals surface area contributed by atoms with Crippen molar-refractivity contribution in [1.29, 1.82) is 0 Å². The predicted octanol–water partition coefficient (Wildman–Crippen LogP) is 2.07. The Morgan fingerprint density at radius 3 is 2.55 bits per heavy atom. The van der Waals surface area contributed by atoms with Crippen LogP contribution < -0.4 is 10.1 Å². The molecule has 6 nitrogen and oxygen atoms in total. The summed E-state index contributed by atoms with van der Waals surface area (Å²) in [6, 6.07) is 4.73. The van der Waals surface area contributed by atoms with Gasteiger partial charge in [0.25, 0.3) is 0 Å². The van der Waals surface area contributed by atoms with Crippen LogP contribution in [0.15, 0.2) is 18.2 Å². The highest BCUT2D eigenvalue weighted by Gasteiger charge is 2.17. The van der Waals surface area contributed by atoms with Gasteiger partial charge in [0.15, 0.2) is 0 Å². The van der Waals surface area contributed by atoms with Gasteiger partial charge in [0, 0.05) is 17.3 Å². The lowest BCUT2D eigenvalue weighted by Gasteiger charge is -2.20. The van der Waals surface area contributed by atoms with Crippen LogP contribution in [-0.4, -0.2) is 35.6 Å². The number of aliphatic hydroxyl groups is 2. The number of benzene rings is 1. The van der Waals surface area contributed by atoms with Gasteiger partial charge in [-0.3, -0.25) is 5.32 Å². The van der Waals surface area contributed by atoms with Crippen molar-refractivity contribution in [3.63, 3.8) is 0 Å². The van der Waals surface area contributed by atoms with E-state index in [-0.39, 0.29) is 0 Å². The van der Waals surface area contributed by atoms with Crippen molar-refractivity contribution >= 4 is 11.8 Å². The van der Waals surface area contributed by atoms with E-state index in [0.717, 1.165) is 0 Å². The van der Waals surface area contributed by atoms with E-state index in [1.807, 2.05) is 0 Å². The Bertz CT molecular complexity index is 467. The molecule has 6 heteroatoms. The zero-order valence-electron chi connectivity index (χ0n) is 12.1. The molecule has 0 aromatic heterocycles. The predicted molar refractivity (Wildman–Crippen MR) is 74.9 cm³/mol. The molecule has 1 amide bonds. The fourth-order valence-corrected chi connectivity index (χ4v) is 1.58. The van der Waals surface area contributed by atoms with Gasteiger partial charge in [-0.2, -0.15) is 0 Å². The minimum Gasteiger partial charge on any atom is -0.496 e. The summed E-state index contributed by atoms with van der Waals surface area (Å²) in [5.41, 5.74) is 0.344. The zero-order valence-corrected chi connectivity index (χ0v) is 12.1. The van der Waals surface area contributed by atoms with E-state index in [1.54, 1.807) is 39.0 Å². The Morgan fingerprint density at radius 2 is 2.05 bits per heavy atom. The lowest BCUT2D eigenvalue weighted by Crippen LogP contribution is -2.27. The van der Waals surface area contributed by atoms with E-state index >= 15 is 0 Å².